The third kappa shape index (κ3) is 3.68. The molecule has 0 saturated heterocycles. The van der Waals surface area contributed by atoms with E-state index in [1.165, 1.54) is 5.01 Å². The minimum atomic E-state index is -0.437. The Balaban J connectivity index is 1.73. The second-order valence-corrected chi connectivity index (χ2v) is 6.96. The van der Waals surface area contributed by atoms with E-state index in [2.05, 4.69) is 10.4 Å². The summed E-state index contributed by atoms with van der Waals surface area (Å²) in [6.07, 6.45) is 1.21. The van der Waals surface area contributed by atoms with Crippen LogP contribution < -0.4 is 5.32 Å². The Kier molecular flexibility index (Phi) is 4.84. The molecule has 1 aliphatic heterocycles. The standard InChI is InChI=1S/C21H15Cl2N3O/c22-16-9-5-14(6-10-16)13-24-26-20(15-7-11-17(23)12-8-15)25-19-4-2-1-3-18(19)21(26)27/h1-13,20,25H/b24-13-/t20-/m0/s1. The first-order valence-electron chi connectivity index (χ1n) is 8.36. The lowest BCUT2D eigenvalue weighted by atomic mass is 10.1. The van der Waals surface area contributed by atoms with E-state index < -0.39 is 6.17 Å². The minimum Gasteiger partial charge on any atom is -0.359 e. The van der Waals surface area contributed by atoms with Crippen molar-refractivity contribution in [3.63, 3.8) is 0 Å². The van der Waals surface area contributed by atoms with E-state index in [9.17, 15) is 4.79 Å². The van der Waals surface area contributed by atoms with E-state index >= 15 is 0 Å². The van der Waals surface area contributed by atoms with Gasteiger partial charge in [0.25, 0.3) is 5.91 Å². The largest absolute Gasteiger partial charge is 0.359 e. The molecule has 4 nitrogen and oxygen atoms in total. The van der Waals surface area contributed by atoms with Gasteiger partial charge in [0.1, 0.15) is 0 Å². The van der Waals surface area contributed by atoms with Gasteiger partial charge in [0.2, 0.25) is 0 Å². The number of carbonyl (C=O) groups is 1. The Morgan fingerprint density at radius 2 is 1.52 bits per heavy atom. The van der Waals surface area contributed by atoms with Gasteiger partial charge in [-0.05, 0) is 47.5 Å². The van der Waals surface area contributed by atoms with Crippen molar-refractivity contribution < 1.29 is 4.79 Å². The summed E-state index contributed by atoms with van der Waals surface area (Å²) in [6, 6.07) is 22.0. The summed E-state index contributed by atoms with van der Waals surface area (Å²) in [7, 11) is 0. The number of halogens is 2. The minimum absolute atomic E-state index is 0.172. The molecular formula is C21H15Cl2N3O. The highest BCUT2D eigenvalue weighted by atomic mass is 35.5. The SMILES string of the molecule is O=C1c2ccccc2N[C@H](c2ccc(Cl)cc2)N1/N=C\c1ccc(Cl)cc1. The maximum Gasteiger partial charge on any atom is 0.278 e. The number of anilines is 1. The summed E-state index contributed by atoms with van der Waals surface area (Å²) in [6.45, 7) is 0. The molecule has 1 amide bonds. The number of hydrogen-bond donors (Lipinski definition) is 1. The molecule has 27 heavy (non-hydrogen) atoms. The van der Waals surface area contributed by atoms with Crippen molar-refractivity contribution in [2.45, 2.75) is 6.17 Å². The molecule has 0 fully saturated rings. The van der Waals surface area contributed by atoms with Crippen molar-refractivity contribution in [1.29, 1.82) is 0 Å². The van der Waals surface area contributed by atoms with Crippen molar-refractivity contribution in [3.05, 3.63) is 99.5 Å². The lowest BCUT2D eigenvalue weighted by molar-refractivity contribution is 0.0691. The van der Waals surface area contributed by atoms with Crippen LogP contribution in [0.3, 0.4) is 0 Å². The predicted molar refractivity (Wildman–Crippen MR) is 109 cm³/mol. The Labute approximate surface area is 167 Å². The molecule has 1 N–H and O–H groups in total. The average molecular weight is 396 g/mol. The van der Waals surface area contributed by atoms with Crippen LogP contribution in [0.1, 0.15) is 27.7 Å². The first-order chi connectivity index (χ1) is 13.1. The monoisotopic (exact) mass is 395 g/mol. The number of nitrogens with zero attached hydrogens (tertiary/aromatic N) is 2. The summed E-state index contributed by atoms with van der Waals surface area (Å²) in [4.78, 5) is 13.1. The Morgan fingerprint density at radius 1 is 0.889 bits per heavy atom. The second-order valence-electron chi connectivity index (χ2n) is 6.09. The molecule has 0 spiro atoms. The molecule has 0 saturated carbocycles. The lowest BCUT2D eigenvalue weighted by Crippen LogP contribution is -2.39. The number of nitrogens with one attached hydrogen (secondary N) is 1. The normalized spacial score (nSPS) is 16.3. The van der Waals surface area contributed by atoms with Gasteiger partial charge in [-0.3, -0.25) is 4.79 Å². The number of carbonyl (C=O) groups excluding carboxylic acids is 1. The van der Waals surface area contributed by atoms with E-state index in [0.717, 1.165) is 16.8 Å². The summed E-state index contributed by atoms with van der Waals surface area (Å²) >= 11 is 11.9. The maximum absolute atomic E-state index is 13.1. The zero-order valence-corrected chi connectivity index (χ0v) is 15.7. The van der Waals surface area contributed by atoms with Crippen molar-refractivity contribution in [2.24, 2.45) is 5.10 Å². The van der Waals surface area contributed by atoms with Gasteiger partial charge in [0, 0.05) is 15.7 Å². The third-order valence-electron chi connectivity index (χ3n) is 4.29. The van der Waals surface area contributed by atoms with Crippen LogP contribution in [0.15, 0.2) is 77.9 Å². The molecule has 0 bridgehead atoms. The topological polar surface area (TPSA) is 44.7 Å². The number of hydrogen-bond acceptors (Lipinski definition) is 3. The van der Waals surface area contributed by atoms with Crippen LogP contribution in [0.25, 0.3) is 0 Å². The van der Waals surface area contributed by atoms with Crippen molar-refractivity contribution in [3.8, 4) is 0 Å². The number of rotatable bonds is 3. The Morgan fingerprint density at radius 3 is 2.22 bits per heavy atom. The van der Waals surface area contributed by atoms with Gasteiger partial charge in [-0.15, -0.1) is 0 Å². The number of fused-ring (bicyclic) bond motifs is 1. The third-order valence-corrected chi connectivity index (χ3v) is 4.79. The Bertz CT molecular complexity index is 1000. The number of amides is 1. The molecule has 1 heterocycles. The summed E-state index contributed by atoms with van der Waals surface area (Å²) in [5.74, 6) is -0.172. The van der Waals surface area contributed by atoms with Crippen LogP contribution in [-0.4, -0.2) is 17.1 Å². The number of hydrazone groups is 1. The molecule has 0 unspecified atom stereocenters. The summed E-state index contributed by atoms with van der Waals surface area (Å²) in [5, 5.41) is 10.6. The van der Waals surface area contributed by atoms with Gasteiger partial charge in [-0.1, -0.05) is 59.6 Å². The predicted octanol–water partition coefficient (Wildman–Crippen LogP) is 5.59. The molecule has 1 aliphatic rings. The number of para-hydroxylation sites is 1. The molecule has 134 valence electrons. The van der Waals surface area contributed by atoms with E-state index in [0.29, 0.717) is 15.6 Å². The van der Waals surface area contributed by atoms with Gasteiger partial charge in [0.05, 0.1) is 11.8 Å². The van der Waals surface area contributed by atoms with Crippen molar-refractivity contribution in [1.82, 2.24) is 5.01 Å². The second kappa shape index (κ2) is 7.43. The van der Waals surface area contributed by atoms with Crippen LogP contribution in [0.4, 0.5) is 5.69 Å². The summed E-state index contributed by atoms with van der Waals surface area (Å²) in [5.41, 5.74) is 3.09. The molecular weight excluding hydrogens is 381 g/mol. The zero-order chi connectivity index (χ0) is 18.8. The highest BCUT2D eigenvalue weighted by Crippen LogP contribution is 2.33. The van der Waals surface area contributed by atoms with Crippen LogP contribution in [0.5, 0.6) is 0 Å². The van der Waals surface area contributed by atoms with Gasteiger partial charge in [-0.25, -0.2) is 5.01 Å². The Hall–Kier alpha value is -2.82. The van der Waals surface area contributed by atoms with Gasteiger partial charge in [0.15, 0.2) is 6.17 Å². The average Bonchev–Trinajstić information content (AvgIpc) is 2.69. The lowest BCUT2D eigenvalue weighted by Gasteiger charge is -2.34. The van der Waals surface area contributed by atoms with E-state index in [1.54, 1.807) is 36.5 Å². The van der Waals surface area contributed by atoms with E-state index in [4.69, 9.17) is 23.2 Å². The smallest absolute Gasteiger partial charge is 0.278 e. The van der Waals surface area contributed by atoms with Gasteiger partial charge >= 0.3 is 0 Å². The van der Waals surface area contributed by atoms with E-state index in [1.807, 2.05) is 42.5 Å². The quantitative estimate of drug-likeness (QED) is 0.587. The first kappa shape index (κ1) is 17.6. The molecule has 1 atom stereocenters. The molecule has 3 aromatic carbocycles. The van der Waals surface area contributed by atoms with Gasteiger partial charge in [-0.2, -0.15) is 5.10 Å². The van der Waals surface area contributed by atoms with Crippen LogP contribution >= 0.6 is 23.2 Å². The zero-order valence-electron chi connectivity index (χ0n) is 14.1. The molecule has 6 heteroatoms. The fourth-order valence-electron chi connectivity index (χ4n) is 2.91. The number of benzene rings is 3. The van der Waals surface area contributed by atoms with E-state index in [-0.39, 0.29) is 5.91 Å². The molecule has 0 aliphatic carbocycles. The summed E-state index contributed by atoms with van der Waals surface area (Å²) < 4.78 is 0. The molecule has 4 rings (SSSR count). The highest BCUT2D eigenvalue weighted by Gasteiger charge is 2.32. The van der Waals surface area contributed by atoms with Crippen LogP contribution in [-0.2, 0) is 0 Å². The first-order valence-corrected chi connectivity index (χ1v) is 9.11. The molecule has 0 aromatic heterocycles. The highest BCUT2D eigenvalue weighted by molar-refractivity contribution is 6.30. The molecule has 3 aromatic rings. The van der Waals surface area contributed by atoms with Crippen molar-refractivity contribution >= 4 is 41.0 Å². The van der Waals surface area contributed by atoms with Crippen LogP contribution in [0, 0.1) is 0 Å². The van der Waals surface area contributed by atoms with Crippen molar-refractivity contribution in [2.75, 3.05) is 5.32 Å². The van der Waals surface area contributed by atoms with Crippen LogP contribution in [0.2, 0.25) is 10.0 Å². The fourth-order valence-corrected chi connectivity index (χ4v) is 3.16. The maximum atomic E-state index is 13.1. The molecule has 0 radical (unpaired) electrons. The fraction of sp³-hybridized carbons (Fsp3) is 0.0476. The van der Waals surface area contributed by atoms with Gasteiger partial charge < -0.3 is 5.32 Å².